The van der Waals surface area contributed by atoms with Gasteiger partial charge in [0.05, 0.1) is 0 Å². The van der Waals surface area contributed by atoms with E-state index in [1.54, 1.807) is 12.1 Å². The first-order valence-electron chi connectivity index (χ1n) is 7.04. The maximum Gasteiger partial charge on any atom is 0.253 e. The molecule has 2 aromatic rings. The second kappa shape index (κ2) is 7.43. The summed E-state index contributed by atoms with van der Waals surface area (Å²) in [5.74, 6) is -0.306. The van der Waals surface area contributed by atoms with Gasteiger partial charge in [0.25, 0.3) is 5.91 Å². The number of nitrogens with one attached hydrogen (secondary N) is 2. The number of hydrogen-bond donors (Lipinski definition) is 2. The average molecular weight is 372 g/mol. The van der Waals surface area contributed by atoms with Crippen molar-refractivity contribution in [1.82, 2.24) is 5.32 Å². The van der Waals surface area contributed by atoms with Gasteiger partial charge in [-0.3, -0.25) is 4.79 Å². The second-order valence-electron chi connectivity index (χ2n) is 5.27. The lowest BCUT2D eigenvalue weighted by Crippen LogP contribution is -2.49. The van der Waals surface area contributed by atoms with Gasteiger partial charge in [0, 0.05) is 11.3 Å². The molecule has 0 aliphatic rings. The molecule has 1 atom stereocenters. The van der Waals surface area contributed by atoms with Crippen LogP contribution in [-0.2, 0) is 0 Å². The molecule has 0 bridgehead atoms. The quantitative estimate of drug-likeness (QED) is 0.596. The number of hydrogen-bond acceptors (Lipinski definition) is 2. The maximum atomic E-state index is 12.4. The summed E-state index contributed by atoms with van der Waals surface area (Å²) in [5, 5.41) is 5.77. The third-order valence-electron chi connectivity index (χ3n) is 3.36. The van der Waals surface area contributed by atoms with Crippen molar-refractivity contribution in [1.29, 1.82) is 0 Å². The summed E-state index contributed by atoms with van der Waals surface area (Å²) < 4.78 is -1.71. The van der Waals surface area contributed by atoms with Crippen molar-refractivity contribution in [3.8, 4) is 0 Å². The van der Waals surface area contributed by atoms with Gasteiger partial charge in [0.15, 0.2) is 0 Å². The molecule has 0 aliphatic heterocycles. The molecule has 23 heavy (non-hydrogen) atoms. The molecule has 0 aliphatic carbocycles. The first-order chi connectivity index (χ1) is 10.8. The molecule has 6 heteroatoms. The van der Waals surface area contributed by atoms with E-state index < -0.39 is 9.96 Å². The average Bonchev–Trinajstić information content (AvgIpc) is 2.48. The summed E-state index contributed by atoms with van der Waals surface area (Å²) in [6.07, 6.45) is -0.873. The molecule has 1 unspecified atom stereocenters. The molecule has 1 amide bonds. The minimum atomic E-state index is -1.71. The normalized spacial score (nSPS) is 12.6. The fourth-order valence-corrected chi connectivity index (χ4v) is 2.38. The molecule has 2 N–H and O–H groups in total. The standard InChI is InChI=1S/C17H17Cl3N2O/c1-11-7-9-13(10-8-11)21-16(17(18,19)20)22-15(23)14-6-4-3-5-12(14)2/h3-10,16,21H,1-2H3,(H,22,23). The molecular weight excluding hydrogens is 355 g/mol. The predicted octanol–water partition coefficient (Wildman–Crippen LogP) is 4.84. The molecule has 0 spiro atoms. The molecule has 122 valence electrons. The van der Waals surface area contributed by atoms with Crippen molar-refractivity contribution in [2.75, 3.05) is 5.32 Å². The van der Waals surface area contributed by atoms with Crippen molar-refractivity contribution < 1.29 is 4.79 Å². The Kier molecular flexibility index (Phi) is 5.79. The predicted molar refractivity (Wildman–Crippen MR) is 97.5 cm³/mol. The van der Waals surface area contributed by atoms with Gasteiger partial charge in [0.1, 0.15) is 6.17 Å². The zero-order valence-electron chi connectivity index (χ0n) is 12.7. The van der Waals surface area contributed by atoms with E-state index in [0.29, 0.717) is 5.56 Å². The Morgan fingerprint density at radius 1 is 1.00 bits per heavy atom. The molecule has 0 aromatic heterocycles. The lowest BCUT2D eigenvalue weighted by Gasteiger charge is -2.27. The number of halogens is 3. The first-order valence-corrected chi connectivity index (χ1v) is 8.17. The van der Waals surface area contributed by atoms with Crippen molar-refractivity contribution in [3.63, 3.8) is 0 Å². The summed E-state index contributed by atoms with van der Waals surface area (Å²) in [7, 11) is 0. The third-order valence-corrected chi connectivity index (χ3v) is 4.01. The van der Waals surface area contributed by atoms with Gasteiger partial charge >= 0.3 is 0 Å². The van der Waals surface area contributed by atoms with Crippen molar-refractivity contribution >= 4 is 46.4 Å². The van der Waals surface area contributed by atoms with Crippen molar-refractivity contribution in [2.24, 2.45) is 0 Å². The topological polar surface area (TPSA) is 41.1 Å². The summed E-state index contributed by atoms with van der Waals surface area (Å²) in [5.41, 5.74) is 3.25. The van der Waals surface area contributed by atoms with E-state index in [1.807, 2.05) is 50.2 Å². The zero-order chi connectivity index (χ0) is 17.0. The van der Waals surface area contributed by atoms with Crippen LogP contribution in [0.1, 0.15) is 21.5 Å². The molecule has 0 fully saturated rings. The lowest BCUT2D eigenvalue weighted by molar-refractivity contribution is 0.0941. The van der Waals surface area contributed by atoms with E-state index in [2.05, 4.69) is 10.6 Å². The number of amides is 1. The fourth-order valence-electron chi connectivity index (χ4n) is 2.05. The number of carbonyl (C=O) groups is 1. The van der Waals surface area contributed by atoms with Gasteiger partial charge in [-0.15, -0.1) is 0 Å². The highest BCUT2D eigenvalue weighted by atomic mass is 35.6. The molecule has 0 radical (unpaired) electrons. The van der Waals surface area contributed by atoms with Crippen LogP contribution in [0.15, 0.2) is 48.5 Å². The molecule has 2 rings (SSSR count). The Morgan fingerprint density at radius 3 is 2.17 bits per heavy atom. The Morgan fingerprint density at radius 2 is 1.61 bits per heavy atom. The van der Waals surface area contributed by atoms with Gasteiger partial charge in [-0.05, 0) is 37.6 Å². The van der Waals surface area contributed by atoms with Gasteiger partial charge in [-0.25, -0.2) is 0 Å². The van der Waals surface area contributed by atoms with Crippen molar-refractivity contribution in [2.45, 2.75) is 23.8 Å². The molecule has 3 nitrogen and oxygen atoms in total. The van der Waals surface area contributed by atoms with Crippen LogP contribution in [0.3, 0.4) is 0 Å². The van der Waals surface area contributed by atoms with Crippen LogP contribution in [0.5, 0.6) is 0 Å². The van der Waals surface area contributed by atoms with E-state index in [1.165, 1.54) is 0 Å². The molecule has 2 aromatic carbocycles. The SMILES string of the molecule is Cc1ccc(NC(NC(=O)c2ccccc2C)C(Cl)(Cl)Cl)cc1. The Balaban J connectivity index is 2.18. The van der Waals surface area contributed by atoms with Crippen LogP contribution in [0, 0.1) is 13.8 Å². The highest BCUT2D eigenvalue weighted by Gasteiger charge is 2.34. The lowest BCUT2D eigenvalue weighted by atomic mass is 10.1. The number of aryl methyl sites for hydroxylation is 2. The van der Waals surface area contributed by atoms with E-state index in [4.69, 9.17) is 34.8 Å². The summed E-state index contributed by atoms with van der Waals surface area (Å²) in [4.78, 5) is 12.4. The molecule has 0 saturated heterocycles. The number of anilines is 1. The third kappa shape index (κ3) is 5.03. The summed E-state index contributed by atoms with van der Waals surface area (Å²) in [6.45, 7) is 3.84. The number of benzene rings is 2. The Bertz CT molecular complexity index is 681. The van der Waals surface area contributed by atoms with E-state index in [9.17, 15) is 4.79 Å². The van der Waals surface area contributed by atoms with Gasteiger partial charge in [-0.2, -0.15) is 0 Å². The van der Waals surface area contributed by atoms with Gasteiger partial charge < -0.3 is 10.6 Å². The van der Waals surface area contributed by atoms with Crippen molar-refractivity contribution in [3.05, 3.63) is 65.2 Å². The highest BCUT2D eigenvalue weighted by Crippen LogP contribution is 2.31. The first kappa shape index (κ1) is 17.9. The van der Waals surface area contributed by atoms with E-state index in [-0.39, 0.29) is 5.91 Å². The molecule has 0 saturated carbocycles. The minimum Gasteiger partial charge on any atom is -0.362 e. The maximum absolute atomic E-state index is 12.4. The fraction of sp³-hybridized carbons (Fsp3) is 0.235. The van der Waals surface area contributed by atoms with E-state index >= 15 is 0 Å². The number of alkyl halides is 3. The Labute approximate surface area is 150 Å². The molecular formula is C17H17Cl3N2O. The molecule has 0 heterocycles. The van der Waals surface area contributed by atoms with Crippen LogP contribution in [0.25, 0.3) is 0 Å². The monoisotopic (exact) mass is 370 g/mol. The summed E-state index contributed by atoms with van der Waals surface area (Å²) >= 11 is 18.0. The van der Waals surface area contributed by atoms with Gasteiger partial charge in [0.2, 0.25) is 3.79 Å². The minimum absolute atomic E-state index is 0.306. The van der Waals surface area contributed by atoms with E-state index in [0.717, 1.165) is 16.8 Å². The van der Waals surface area contributed by atoms with Crippen LogP contribution < -0.4 is 10.6 Å². The van der Waals surface area contributed by atoms with Crippen LogP contribution >= 0.6 is 34.8 Å². The highest BCUT2D eigenvalue weighted by molar-refractivity contribution is 6.68. The van der Waals surface area contributed by atoms with Crippen LogP contribution in [-0.4, -0.2) is 15.9 Å². The summed E-state index contributed by atoms with van der Waals surface area (Å²) in [6, 6.07) is 14.8. The Hall–Kier alpha value is -1.42. The number of rotatable bonds is 4. The van der Waals surface area contributed by atoms with Gasteiger partial charge in [-0.1, -0.05) is 70.7 Å². The second-order valence-corrected chi connectivity index (χ2v) is 7.64. The smallest absolute Gasteiger partial charge is 0.253 e. The number of carbonyl (C=O) groups excluding carboxylic acids is 1. The van der Waals surface area contributed by atoms with Crippen LogP contribution in [0.2, 0.25) is 0 Å². The largest absolute Gasteiger partial charge is 0.362 e. The zero-order valence-corrected chi connectivity index (χ0v) is 15.0. The van der Waals surface area contributed by atoms with Crippen LogP contribution in [0.4, 0.5) is 5.69 Å².